The van der Waals surface area contributed by atoms with Crippen molar-refractivity contribution in [3.05, 3.63) is 78.1 Å². The van der Waals surface area contributed by atoms with Crippen molar-refractivity contribution in [3.8, 4) is 11.4 Å². The number of aryl methyl sites for hydroxylation is 1. The van der Waals surface area contributed by atoms with Crippen molar-refractivity contribution >= 4 is 11.8 Å². The molecule has 1 aromatic heterocycles. The number of methoxy groups -OCH3 is 1. The lowest BCUT2D eigenvalue weighted by atomic mass is 10.1. The zero-order chi connectivity index (χ0) is 21.6. The van der Waals surface area contributed by atoms with Crippen LogP contribution >= 0.6 is 0 Å². The van der Waals surface area contributed by atoms with E-state index >= 15 is 0 Å². The highest BCUT2D eigenvalue weighted by Crippen LogP contribution is 2.15. The maximum Gasteiger partial charge on any atom is 0.257 e. The predicted molar refractivity (Wildman–Crippen MR) is 117 cm³/mol. The monoisotopic (exact) mass is 418 g/mol. The number of piperazine rings is 1. The van der Waals surface area contributed by atoms with Gasteiger partial charge in [-0.1, -0.05) is 30.3 Å². The minimum atomic E-state index is -0.0486. The van der Waals surface area contributed by atoms with E-state index in [1.807, 2.05) is 59.5 Å². The topological polar surface area (TPSA) is 67.7 Å². The summed E-state index contributed by atoms with van der Waals surface area (Å²) in [5.41, 5.74) is 2.58. The summed E-state index contributed by atoms with van der Waals surface area (Å²) in [6, 6.07) is 17.5. The Bertz CT molecular complexity index is 1020. The Morgan fingerprint density at radius 1 is 0.935 bits per heavy atom. The molecular weight excluding hydrogens is 392 g/mol. The Morgan fingerprint density at radius 3 is 2.29 bits per heavy atom. The predicted octanol–water partition coefficient (Wildman–Crippen LogP) is 2.80. The number of para-hydroxylation sites is 1. The third-order valence-corrected chi connectivity index (χ3v) is 5.56. The van der Waals surface area contributed by atoms with Crippen LogP contribution in [0.3, 0.4) is 0 Å². The minimum Gasteiger partial charge on any atom is -0.497 e. The Kier molecular flexibility index (Phi) is 6.31. The van der Waals surface area contributed by atoms with Crippen LogP contribution in [0.5, 0.6) is 5.75 Å². The quantitative estimate of drug-likeness (QED) is 0.617. The van der Waals surface area contributed by atoms with Crippen LogP contribution in [0, 0.1) is 0 Å². The highest BCUT2D eigenvalue weighted by Gasteiger charge is 2.25. The molecule has 0 atom stereocenters. The molecular formula is C24H26N4O3. The van der Waals surface area contributed by atoms with Gasteiger partial charge in [-0.2, -0.15) is 5.10 Å². The van der Waals surface area contributed by atoms with E-state index in [4.69, 9.17) is 4.74 Å². The Hall–Kier alpha value is -3.61. The van der Waals surface area contributed by atoms with Gasteiger partial charge in [0.25, 0.3) is 5.91 Å². The van der Waals surface area contributed by atoms with Gasteiger partial charge < -0.3 is 14.5 Å². The van der Waals surface area contributed by atoms with Crippen LogP contribution in [0.4, 0.5) is 0 Å². The second-order valence-corrected chi connectivity index (χ2v) is 7.53. The second kappa shape index (κ2) is 9.47. The van der Waals surface area contributed by atoms with E-state index in [2.05, 4.69) is 5.10 Å². The number of amides is 2. The molecule has 3 aromatic rings. The summed E-state index contributed by atoms with van der Waals surface area (Å²) in [4.78, 5) is 29.1. The number of rotatable bonds is 6. The first kappa shape index (κ1) is 20.7. The Labute approximate surface area is 181 Å². The van der Waals surface area contributed by atoms with E-state index in [0.29, 0.717) is 44.6 Å². The molecule has 0 N–H and O–H groups in total. The Morgan fingerprint density at radius 2 is 1.61 bits per heavy atom. The van der Waals surface area contributed by atoms with Gasteiger partial charge in [0, 0.05) is 38.8 Å². The molecule has 7 heteroatoms. The zero-order valence-corrected chi connectivity index (χ0v) is 17.6. The number of benzene rings is 2. The van der Waals surface area contributed by atoms with Crippen molar-refractivity contribution in [2.45, 2.75) is 12.8 Å². The average Bonchev–Trinajstić information content (AvgIpc) is 3.33. The van der Waals surface area contributed by atoms with E-state index in [-0.39, 0.29) is 11.8 Å². The van der Waals surface area contributed by atoms with Crippen LogP contribution in [0.2, 0.25) is 0 Å². The minimum absolute atomic E-state index is 0.0486. The number of hydrogen-bond donors (Lipinski definition) is 0. The smallest absolute Gasteiger partial charge is 0.257 e. The van der Waals surface area contributed by atoms with Gasteiger partial charge in [0.2, 0.25) is 5.91 Å². The molecule has 4 rings (SSSR count). The molecule has 1 fully saturated rings. The number of aromatic nitrogens is 2. The highest BCUT2D eigenvalue weighted by atomic mass is 16.5. The summed E-state index contributed by atoms with van der Waals surface area (Å²) in [7, 11) is 1.64. The lowest BCUT2D eigenvalue weighted by Crippen LogP contribution is -2.50. The van der Waals surface area contributed by atoms with Crippen LogP contribution in [-0.2, 0) is 11.2 Å². The third-order valence-electron chi connectivity index (χ3n) is 5.56. The van der Waals surface area contributed by atoms with Crippen molar-refractivity contribution in [2.75, 3.05) is 33.3 Å². The Balaban J connectivity index is 1.27. The molecule has 31 heavy (non-hydrogen) atoms. The number of nitrogens with zero attached hydrogens (tertiary/aromatic N) is 4. The molecule has 1 aliphatic heterocycles. The molecule has 2 heterocycles. The van der Waals surface area contributed by atoms with Gasteiger partial charge >= 0.3 is 0 Å². The first-order valence-corrected chi connectivity index (χ1v) is 10.4. The fraction of sp³-hybridized carbons (Fsp3) is 0.292. The van der Waals surface area contributed by atoms with E-state index in [1.165, 1.54) is 0 Å². The molecule has 0 radical (unpaired) electrons. The normalized spacial score (nSPS) is 13.8. The summed E-state index contributed by atoms with van der Waals surface area (Å²) in [5.74, 6) is 0.887. The first-order chi connectivity index (χ1) is 15.1. The first-order valence-electron chi connectivity index (χ1n) is 10.4. The van der Waals surface area contributed by atoms with E-state index in [9.17, 15) is 9.59 Å². The molecule has 160 valence electrons. The number of ether oxygens (including phenoxy) is 1. The maximum atomic E-state index is 12.8. The molecule has 2 aromatic carbocycles. The number of hydrogen-bond acceptors (Lipinski definition) is 4. The number of carbonyl (C=O) groups is 2. The molecule has 0 spiro atoms. The van der Waals surface area contributed by atoms with Gasteiger partial charge in [-0.15, -0.1) is 0 Å². The zero-order valence-electron chi connectivity index (χ0n) is 17.6. The standard InChI is InChI=1S/C24H26N4O3/c1-31-22-10-7-19(8-11-22)9-12-23(29)26-13-15-27(16-14-26)24(30)20-17-25-28(18-20)21-5-3-2-4-6-21/h2-8,10-11,17-18H,9,12-16H2,1H3. The summed E-state index contributed by atoms with van der Waals surface area (Å²) in [6.45, 7) is 2.17. The lowest BCUT2D eigenvalue weighted by molar-refractivity contribution is -0.132. The average molecular weight is 418 g/mol. The molecule has 7 nitrogen and oxygen atoms in total. The van der Waals surface area contributed by atoms with Crippen molar-refractivity contribution < 1.29 is 14.3 Å². The fourth-order valence-electron chi connectivity index (χ4n) is 3.70. The molecule has 1 saturated heterocycles. The van der Waals surface area contributed by atoms with Gasteiger partial charge in [-0.3, -0.25) is 9.59 Å². The summed E-state index contributed by atoms with van der Waals surface area (Å²) in [5, 5.41) is 4.31. The van der Waals surface area contributed by atoms with Crippen LogP contribution in [0.15, 0.2) is 67.0 Å². The second-order valence-electron chi connectivity index (χ2n) is 7.53. The SMILES string of the molecule is COc1ccc(CCC(=O)N2CCN(C(=O)c3cnn(-c4ccccc4)c3)CC2)cc1. The summed E-state index contributed by atoms with van der Waals surface area (Å²) < 4.78 is 6.86. The molecule has 2 amide bonds. The highest BCUT2D eigenvalue weighted by molar-refractivity contribution is 5.94. The number of carbonyl (C=O) groups excluding carboxylic acids is 2. The van der Waals surface area contributed by atoms with E-state index in [0.717, 1.165) is 17.0 Å². The van der Waals surface area contributed by atoms with E-state index < -0.39 is 0 Å². The summed E-state index contributed by atoms with van der Waals surface area (Å²) >= 11 is 0. The van der Waals surface area contributed by atoms with Gasteiger partial charge in [0.05, 0.1) is 24.6 Å². The lowest BCUT2D eigenvalue weighted by Gasteiger charge is -2.34. The van der Waals surface area contributed by atoms with Crippen molar-refractivity contribution in [1.82, 2.24) is 19.6 Å². The molecule has 1 aliphatic rings. The third kappa shape index (κ3) is 4.94. The van der Waals surface area contributed by atoms with Gasteiger partial charge in [-0.05, 0) is 36.2 Å². The maximum absolute atomic E-state index is 12.8. The van der Waals surface area contributed by atoms with Gasteiger partial charge in [-0.25, -0.2) is 4.68 Å². The van der Waals surface area contributed by atoms with Crippen molar-refractivity contribution in [2.24, 2.45) is 0 Å². The fourth-order valence-corrected chi connectivity index (χ4v) is 3.70. The van der Waals surface area contributed by atoms with E-state index in [1.54, 1.807) is 29.1 Å². The van der Waals surface area contributed by atoms with Crippen molar-refractivity contribution in [1.29, 1.82) is 0 Å². The molecule has 0 aliphatic carbocycles. The van der Waals surface area contributed by atoms with Crippen molar-refractivity contribution in [3.63, 3.8) is 0 Å². The molecule has 0 bridgehead atoms. The summed E-state index contributed by atoms with van der Waals surface area (Å²) in [6.07, 6.45) is 4.51. The van der Waals surface area contributed by atoms with Crippen LogP contribution in [0.1, 0.15) is 22.3 Å². The largest absolute Gasteiger partial charge is 0.497 e. The van der Waals surface area contributed by atoms with Gasteiger partial charge in [0.15, 0.2) is 0 Å². The van der Waals surface area contributed by atoms with Crippen LogP contribution < -0.4 is 4.74 Å². The van der Waals surface area contributed by atoms with Crippen LogP contribution in [0.25, 0.3) is 5.69 Å². The molecule has 0 saturated carbocycles. The molecule has 0 unspecified atom stereocenters. The van der Waals surface area contributed by atoms with Gasteiger partial charge in [0.1, 0.15) is 5.75 Å². The van der Waals surface area contributed by atoms with Crippen LogP contribution in [-0.4, -0.2) is 64.7 Å².